The number of carboxylic acids is 1. The molecule has 0 radical (unpaired) electrons. The fourth-order valence-corrected chi connectivity index (χ4v) is 2.41. The van der Waals surface area contributed by atoms with Crippen LogP contribution in [0.2, 0.25) is 0 Å². The van der Waals surface area contributed by atoms with Crippen molar-refractivity contribution >= 4 is 27.8 Å². The Labute approximate surface area is 120 Å². The Kier molecular flexibility index (Phi) is 4.24. The molecule has 102 valence electrons. The van der Waals surface area contributed by atoms with Gasteiger partial charge in [-0.2, -0.15) is 0 Å². The van der Waals surface area contributed by atoms with Gasteiger partial charge in [-0.25, -0.2) is 0 Å². The average Bonchev–Trinajstić information content (AvgIpc) is 3.16. The Balaban J connectivity index is 1.77. The molecule has 2 rings (SSSR count). The third-order valence-electron chi connectivity index (χ3n) is 3.51. The molecule has 0 unspecified atom stereocenters. The molecule has 0 heterocycles. The maximum absolute atomic E-state index is 11.7. The molecule has 5 heteroatoms. The third kappa shape index (κ3) is 3.56. The van der Waals surface area contributed by atoms with E-state index in [0.29, 0.717) is 25.7 Å². The molecule has 19 heavy (non-hydrogen) atoms. The van der Waals surface area contributed by atoms with Crippen molar-refractivity contribution in [3.63, 3.8) is 0 Å². The summed E-state index contributed by atoms with van der Waals surface area (Å²) < 4.78 is 0.993. The molecule has 1 aliphatic rings. The number of nitrogens with one attached hydrogen (secondary N) is 1. The van der Waals surface area contributed by atoms with Crippen LogP contribution in [0, 0.1) is 5.41 Å². The second-order valence-electron chi connectivity index (χ2n) is 4.95. The van der Waals surface area contributed by atoms with E-state index in [1.807, 2.05) is 24.3 Å². The lowest BCUT2D eigenvalue weighted by Crippen LogP contribution is -2.34. The number of hydrogen-bond donors (Lipinski definition) is 2. The summed E-state index contributed by atoms with van der Waals surface area (Å²) in [6.07, 6.45) is 2.34. The Morgan fingerprint density at radius 3 is 2.58 bits per heavy atom. The molecule has 1 saturated carbocycles. The normalized spacial score (nSPS) is 15.8. The van der Waals surface area contributed by atoms with Gasteiger partial charge in [-0.15, -0.1) is 0 Å². The highest BCUT2D eigenvalue weighted by molar-refractivity contribution is 9.10. The van der Waals surface area contributed by atoms with Crippen molar-refractivity contribution in [3.05, 3.63) is 34.3 Å². The van der Waals surface area contributed by atoms with Gasteiger partial charge < -0.3 is 10.4 Å². The van der Waals surface area contributed by atoms with E-state index < -0.39 is 11.4 Å². The van der Waals surface area contributed by atoms with Crippen molar-refractivity contribution in [3.8, 4) is 0 Å². The predicted molar refractivity (Wildman–Crippen MR) is 74.8 cm³/mol. The van der Waals surface area contributed by atoms with E-state index in [9.17, 15) is 9.59 Å². The fourth-order valence-electron chi connectivity index (χ4n) is 1.92. The van der Waals surface area contributed by atoms with E-state index >= 15 is 0 Å². The highest BCUT2D eigenvalue weighted by Crippen LogP contribution is 2.45. The van der Waals surface area contributed by atoms with Crippen molar-refractivity contribution in [2.45, 2.75) is 25.7 Å². The molecule has 0 aliphatic heterocycles. The molecule has 1 aliphatic carbocycles. The van der Waals surface area contributed by atoms with Crippen LogP contribution in [0.5, 0.6) is 0 Å². The molecule has 1 amide bonds. The maximum Gasteiger partial charge on any atom is 0.311 e. The summed E-state index contributed by atoms with van der Waals surface area (Å²) in [4.78, 5) is 22.7. The van der Waals surface area contributed by atoms with Gasteiger partial charge in [-0.1, -0.05) is 34.1 Å². The minimum Gasteiger partial charge on any atom is -0.481 e. The van der Waals surface area contributed by atoms with Crippen molar-refractivity contribution in [2.75, 3.05) is 6.54 Å². The van der Waals surface area contributed by atoms with E-state index in [-0.39, 0.29) is 12.5 Å². The quantitative estimate of drug-likeness (QED) is 0.843. The van der Waals surface area contributed by atoms with E-state index in [0.717, 1.165) is 10.0 Å². The van der Waals surface area contributed by atoms with Crippen LogP contribution in [-0.2, 0) is 16.0 Å². The third-order valence-corrected chi connectivity index (χ3v) is 4.28. The Morgan fingerprint density at radius 2 is 2.00 bits per heavy atom. The summed E-state index contributed by atoms with van der Waals surface area (Å²) in [5.74, 6) is -0.901. The number of halogens is 1. The van der Waals surface area contributed by atoms with E-state index in [2.05, 4.69) is 21.2 Å². The first-order valence-corrected chi connectivity index (χ1v) is 7.06. The molecular weight excluding hydrogens is 310 g/mol. The fraction of sp³-hybridized carbons (Fsp3) is 0.429. The molecule has 0 bridgehead atoms. The lowest BCUT2D eigenvalue weighted by atomic mass is 10.1. The molecule has 4 nitrogen and oxygen atoms in total. The SMILES string of the molecule is O=C(CCc1ccccc1Br)NCC1(C(=O)O)CC1. The van der Waals surface area contributed by atoms with Gasteiger partial charge in [0, 0.05) is 17.4 Å². The second-order valence-corrected chi connectivity index (χ2v) is 5.81. The van der Waals surface area contributed by atoms with Gasteiger partial charge in [0.25, 0.3) is 0 Å². The summed E-state index contributed by atoms with van der Waals surface area (Å²) in [7, 11) is 0. The van der Waals surface area contributed by atoms with Crippen LogP contribution in [0.1, 0.15) is 24.8 Å². The number of hydrogen-bond acceptors (Lipinski definition) is 2. The van der Waals surface area contributed by atoms with E-state index in [1.54, 1.807) is 0 Å². The second kappa shape index (κ2) is 5.74. The minimum atomic E-state index is -0.807. The van der Waals surface area contributed by atoms with Gasteiger partial charge in [-0.05, 0) is 30.9 Å². The van der Waals surface area contributed by atoms with Gasteiger partial charge in [-0.3, -0.25) is 9.59 Å². The van der Waals surface area contributed by atoms with Crippen LogP contribution < -0.4 is 5.32 Å². The molecule has 2 N–H and O–H groups in total. The van der Waals surface area contributed by atoms with Gasteiger partial charge in [0.2, 0.25) is 5.91 Å². The molecule has 1 aromatic carbocycles. The number of aryl methyl sites for hydroxylation is 1. The zero-order chi connectivity index (χ0) is 13.9. The number of aliphatic carboxylic acids is 1. The topological polar surface area (TPSA) is 66.4 Å². The van der Waals surface area contributed by atoms with Gasteiger partial charge in [0.15, 0.2) is 0 Å². The molecule has 0 spiro atoms. The highest BCUT2D eigenvalue weighted by Gasteiger charge is 2.50. The lowest BCUT2D eigenvalue weighted by Gasteiger charge is -2.11. The molecule has 1 aromatic rings. The van der Waals surface area contributed by atoms with Crippen molar-refractivity contribution in [1.82, 2.24) is 5.32 Å². The van der Waals surface area contributed by atoms with Crippen molar-refractivity contribution in [1.29, 1.82) is 0 Å². The first-order valence-electron chi connectivity index (χ1n) is 6.27. The van der Waals surface area contributed by atoms with Crippen molar-refractivity contribution in [2.24, 2.45) is 5.41 Å². The Hall–Kier alpha value is -1.36. The number of rotatable bonds is 6. The molecule has 0 aromatic heterocycles. The molecular formula is C14H16BrNO3. The van der Waals surface area contributed by atoms with E-state index in [1.165, 1.54) is 0 Å². The monoisotopic (exact) mass is 325 g/mol. The van der Waals surface area contributed by atoms with Gasteiger partial charge in [0.05, 0.1) is 5.41 Å². The van der Waals surface area contributed by atoms with Crippen LogP contribution >= 0.6 is 15.9 Å². The van der Waals surface area contributed by atoms with Crippen LogP contribution in [0.4, 0.5) is 0 Å². The van der Waals surface area contributed by atoms with Crippen LogP contribution in [-0.4, -0.2) is 23.5 Å². The Bertz CT molecular complexity index is 497. The number of benzene rings is 1. The summed E-state index contributed by atoms with van der Waals surface area (Å²) in [6.45, 7) is 0.247. The zero-order valence-electron chi connectivity index (χ0n) is 10.5. The summed E-state index contributed by atoms with van der Waals surface area (Å²) in [5.41, 5.74) is 0.389. The van der Waals surface area contributed by atoms with E-state index in [4.69, 9.17) is 5.11 Å². The summed E-state index contributed by atoms with van der Waals surface area (Å²) >= 11 is 3.44. The summed E-state index contributed by atoms with van der Waals surface area (Å²) in [5, 5.41) is 11.7. The van der Waals surface area contributed by atoms with Crippen LogP contribution in [0.3, 0.4) is 0 Å². The highest BCUT2D eigenvalue weighted by atomic mass is 79.9. The number of carbonyl (C=O) groups is 2. The van der Waals surface area contributed by atoms with Gasteiger partial charge in [0.1, 0.15) is 0 Å². The Morgan fingerprint density at radius 1 is 1.32 bits per heavy atom. The number of amides is 1. The molecule has 0 atom stereocenters. The van der Waals surface area contributed by atoms with Crippen LogP contribution in [0.15, 0.2) is 28.7 Å². The largest absolute Gasteiger partial charge is 0.481 e. The van der Waals surface area contributed by atoms with Crippen LogP contribution in [0.25, 0.3) is 0 Å². The average molecular weight is 326 g/mol. The molecule has 1 fully saturated rings. The smallest absolute Gasteiger partial charge is 0.311 e. The first kappa shape index (κ1) is 14.1. The maximum atomic E-state index is 11.7. The molecule has 0 saturated heterocycles. The standard InChI is InChI=1S/C14H16BrNO3/c15-11-4-2-1-3-10(11)5-6-12(17)16-9-14(7-8-14)13(18)19/h1-4H,5-9H2,(H,16,17)(H,18,19). The number of carboxylic acid groups (broad SMARTS) is 1. The predicted octanol–water partition coefficient (Wildman–Crippen LogP) is 2.36. The van der Waals surface area contributed by atoms with Gasteiger partial charge >= 0.3 is 5.97 Å². The first-order chi connectivity index (χ1) is 9.03. The number of carbonyl (C=O) groups excluding carboxylic acids is 1. The minimum absolute atomic E-state index is 0.0942. The zero-order valence-corrected chi connectivity index (χ0v) is 12.1. The van der Waals surface area contributed by atoms with Crippen molar-refractivity contribution < 1.29 is 14.7 Å². The lowest BCUT2D eigenvalue weighted by molar-refractivity contribution is -0.143. The summed E-state index contributed by atoms with van der Waals surface area (Å²) in [6, 6.07) is 7.77.